The lowest BCUT2D eigenvalue weighted by molar-refractivity contribution is 0.198. The van der Waals surface area contributed by atoms with E-state index in [-0.39, 0.29) is 6.61 Å². The molecule has 112 valence electrons. The molecule has 0 aliphatic rings. The van der Waals surface area contributed by atoms with Crippen LogP contribution in [0.3, 0.4) is 0 Å². The van der Waals surface area contributed by atoms with E-state index in [0.29, 0.717) is 21.5 Å². The lowest BCUT2D eigenvalue weighted by atomic mass is 10.1. The van der Waals surface area contributed by atoms with Gasteiger partial charge in [-0.1, -0.05) is 35.3 Å². The van der Waals surface area contributed by atoms with Crippen LogP contribution in [0.2, 0.25) is 10.0 Å². The Morgan fingerprint density at radius 1 is 1.10 bits per heavy atom. The standard InChI is InChI=1S/C16H16Cl2O3/c1-10(19)11-6-7-15(16(8-11)20-2)21-9-12-13(17)4-3-5-14(12)18/h3-8,10,19H,9H2,1-2H3/t10-/m1/s1. The molecule has 5 heteroatoms. The van der Waals surface area contributed by atoms with Crippen molar-refractivity contribution in [3.05, 3.63) is 57.6 Å². The fraction of sp³-hybridized carbons (Fsp3) is 0.250. The SMILES string of the molecule is COc1cc([C@@H](C)O)ccc1OCc1c(Cl)cccc1Cl. The van der Waals surface area contributed by atoms with Gasteiger partial charge in [-0.25, -0.2) is 0 Å². The van der Waals surface area contributed by atoms with Crippen LogP contribution in [0.15, 0.2) is 36.4 Å². The summed E-state index contributed by atoms with van der Waals surface area (Å²) >= 11 is 12.2. The third kappa shape index (κ3) is 3.82. The number of ether oxygens (including phenoxy) is 2. The molecule has 2 rings (SSSR count). The second-order valence-electron chi connectivity index (χ2n) is 4.58. The molecule has 0 heterocycles. The molecule has 0 unspecified atom stereocenters. The van der Waals surface area contributed by atoms with Gasteiger partial charge in [0.25, 0.3) is 0 Å². The van der Waals surface area contributed by atoms with Crippen molar-refractivity contribution in [2.45, 2.75) is 19.6 Å². The zero-order chi connectivity index (χ0) is 15.4. The van der Waals surface area contributed by atoms with Crippen molar-refractivity contribution in [1.29, 1.82) is 0 Å². The van der Waals surface area contributed by atoms with Crippen LogP contribution in [-0.2, 0) is 6.61 Å². The van der Waals surface area contributed by atoms with E-state index in [1.807, 2.05) is 0 Å². The van der Waals surface area contributed by atoms with Crippen LogP contribution in [0.5, 0.6) is 11.5 Å². The Hall–Kier alpha value is -1.42. The Morgan fingerprint density at radius 3 is 2.33 bits per heavy atom. The summed E-state index contributed by atoms with van der Waals surface area (Å²) in [5.41, 5.74) is 1.48. The smallest absolute Gasteiger partial charge is 0.161 e. The van der Waals surface area contributed by atoms with E-state index in [4.69, 9.17) is 32.7 Å². The summed E-state index contributed by atoms with van der Waals surface area (Å²) in [6, 6.07) is 10.6. The molecule has 1 N–H and O–H groups in total. The predicted octanol–water partition coefficient (Wildman–Crippen LogP) is 4.63. The van der Waals surface area contributed by atoms with Gasteiger partial charge in [-0.3, -0.25) is 0 Å². The van der Waals surface area contributed by atoms with E-state index < -0.39 is 6.10 Å². The summed E-state index contributed by atoms with van der Waals surface area (Å²) < 4.78 is 11.0. The number of rotatable bonds is 5. The van der Waals surface area contributed by atoms with Crippen LogP contribution in [0, 0.1) is 0 Å². The van der Waals surface area contributed by atoms with Gasteiger partial charge in [-0.15, -0.1) is 0 Å². The number of hydrogen-bond donors (Lipinski definition) is 1. The first-order chi connectivity index (χ1) is 10.0. The summed E-state index contributed by atoms with van der Waals surface area (Å²) in [5.74, 6) is 1.12. The van der Waals surface area contributed by atoms with Gasteiger partial charge < -0.3 is 14.6 Å². The minimum absolute atomic E-state index is 0.239. The molecule has 0 bridgehead atoms. The van der Waals surface area contributed by atoms with Crippen molar-refractivity contribution in [1.82, 2.24) is 0 Å². The van der Waals surface area contributed by atoms with Crippen LogP contribution in [0.1, 0.15) is 24.2 Å². The zero-order valence-electron chi connectivity index (χ0n) is 11.8. The molecule has 0 saturated heterocycles. The fourth-order valence-corrected chi connectivity index (χ4v) is 2.39. The first-order valence-electron chi connectivity index (χ1n) is 6.44. The van der Waals surface area contributed by atoms with E-state index in [0.717, 1.165) is 11.1 Å². The Labute approximate surface area is 134 Å². The average Bonchev–Trinajstić information content (AvgIpc) is 2.46. The molecular weight excluding hydrogens is 311 g/mol. The van der Waals surface area contributed by atoms with Crippen LogP contribution in [0.25, 0.3) is 0 Å². The van der Waals surface area contributed by atoms with Crippen molar-refractivity contribution in [3.8, 4) is 11.5 Å². The second kappa shape index (κ2) is 7.03. The highest BCUT2D eigenvalue weighted by Crippen LogP contribution is 2.32. The maximum absolute atomic E-state index is 9.58. The van der Waals surface area contributed by atoms with Gasteiger partial charge >= 0.3 is 0 Å². The van der Waals surface area contributed by atoms with Gasteiger partial charge in [0, 0.05) is 15.6 Å². The van der Waals surface area contributed by atoms with Gasteiger partial charge in [0.05, 0.1) is 13.2 Å². The van der Waals surface area contributed by atoms with Crippen LogP contribution < -0.4 is 9.47 Å². The molecule has 0 saturated carbocycles. The van der Waals surface area contributed by atoms with Crippen molar-refractivity contribution in [2.75, 3.05) is 7.11 Å². The third-order valence-corrected chi connectivity index (χ3v) is 3.81. The maximum atomic E-state index is 9.58. The molecule has 21 heavy (non-hydrogen) atoms. The molecular formula is C16H16Cl2O3. The molecule has 0 fully saturated rings. The van der Waals surface area contributed by atoms with Gasteiger partial charge in [0.15, 0.2) is 11.5 Å². The molecule has 0 radical (unpaired) electrons. The molecule has 2 aromatic carbocycles. The molecule has 0 amide bonds. The van der Waals surface area contributed by atoms with E-state index in [9.17, 15) is 5.11 Å². The molecule has 2 aromatic rings. The molecule has 1 atom stereocenters. The molecule has 0 aliphatic heterocycles. The van der Waals surface area contributed by atoms with Crippen molar-refractivity contribution < 1.29 is 14.6 Å². The quantitative estimate of drug-likeness (QED) is 0.870. The Morgan fingerprint density at radius 2 is 1.76 bits per heavy atom. The topological polar surface area (TPSA) is 38.7 Å². The predicted molar refractivity (Wildman–Crippen MR) is 84.4 cm³/mol. The van der Waals surface area contributed by atoms with Crippen molar-refractivity contribution >= 4 is 23.2 Å². The largest absolute Gasteiger partial charge is 0.493 e. The number of benzene rings is 2. The van der Waals surface area contributed by atoms with Crippen LogP contribution in [0.4, 0.5) is 0 Å². The van der Waals surface area contributed by atoms with Crippen LogP contribution >= 0.6 is 23.2 Å². The van der Waals surface area contributed by atoms with Crippen LogP contribution in [-0.4, -0.2) is 12.2 Å². The molecule has 0 aliphatic carbocycles. The Balaban J connectivity index is 2.20. The number of hydrogen-bond acceptors (Lipinski definition) is 3. The lowest BCUT2D eigenvalue weighted by Crippen LogP contribution is -2.00. The first kappa shape index (κ1) is 16.0. The summed E-state index contributed by atoms with van der Waals surface area (Å²) in [7, 11) is 1.55. The highest BCUT2D eigenvalue weighted by molar-refractivity contribution is 6.35. The second-order valence-corrected chi connectivity index (χ2v) is 5.39. The number of aliphatic hydroxyl groups is 1. The molecule has 0 aromatic heterocycles. The first-order valence-corrected chi connectivity index (χ1v) is 7.20. The third-order valence-electron chi connectivity index (χ3n) is 3.10. The normalized spacial score (nSPS) is 12.0. The Kier molecular flexibility index (Phi) is 5.34. The summed E-state index contributed by atoms with van der Waals surface area (Å²) in [6.07, 6.45) is -0.564. The molecule has 0 spiro atoms. The summed E-state index contributed by atoms with van der Waals surface area (Å²) in [4.78, 5) is 0. The lowest BCUT2D eigenvalue weighted by Gasteiger charge is -2.14. The maximum Gasteiger partial charge on any atom is 0.161 e. The van der Waals surface area contributed by atoms with E-state index in [1.54, 1.807) is 50.4 Å². The number of aliphatic hydroxyl groups excluding tert-OH is 1. The zero-order valence-corrected chi connectivity index (χ0v) is 13.3. The van der Waals surface area contributed by atoms with Gasteiger partial charge in [-0.2, -0.15) is 0 Å². The highest BCUT2D eigenvalue weighted by Gasteiger charge is 2.11. The van der Waals surface area contributed by atoms with E-state index >= 15 is 0 Å². The van der Waals surface area contributed by atoms with E-state index in [1.165, 1.54) is 0 Å². The number of methoxy groups -OCH3 is 1. The fourth-order valence-electron chi connectivity index (χ4n) is 1.88. The van der Waals surface area contributed by atoms with Crippen molar-refractivity contribution in [2.24, 2.45) is 0 Å². The molecule has 3 nitrogen and oxygen atoms in total. The van der Waals surface area contributed by atoms with E-state index in [2.05, 4.69) is 0 Å². The number of halogens is 2. The minimum atomic E-state index is -0.564. The summed E-state index contributed by atoms with van der Waals surface area (Å²) in [5, 5.41) is 10.7. The average molecular weight is 327 g/mol. The van der Waals surface area contributed by atoms with Gasteiger partial charge in [0.1, 0.15) is 6.61 Å². The van der Waals surface area contributed by atoms with Crippen molar-refractivity contribution in [3.63, 3.8) is 0 Å². The highest BCUT2D eigenvalue weighted by atomic mass is 35.5. The Bertz CT molecular complexity index is 607. The van der Waals surface area contributed by atoms with Gasteiger partial charge in [-0.05, 0) is 36.8 Å². The van der Waals surface area contributed by atoms with Gasteiger partial charge in [0.2, 0.25) is 0 Å². The minimum Gasteiger partial charge on any atom is -0.493 e. The summed E-state index contributed by atoms with van der Waals surface area (Å²) in [6.45, 7) is 1.93. The monoisotopic (exact) mass is 326 g/mol.